The van der Waals surface area contributed by atoms with Crippen molar-refractivity contribution in [3.05, 3.63) is 23.9 Å². The maximum Gasteiger partial charge on any atom is 0.254 e. The van der Waals surface area contributed by atoms with Crippen LogP contribution in [0.1, 0.15) is 24.2 Å². The van der Waals surface area contributed by atoms with Gasteiger partial charge in [0.1, 0.15) is 5.82 Å². The molecule has 14 heavy (non-hydrogen) atoms. The molecule has 0 aliphatic heterocycles. The number of rotatable bonds is 2. The molecule has 1 aromatic rings. The summed E-state index contributed by atoms with van der Waals surface area (Å²) in [5, 5.41) is 0. The van der Waals surface area contributed by atoms with Gasteiger partial charge in [-0.15, -0.1) is 0 Å². The topological polar surface area (TPSA) is 59.2 Å². The molecule has 0 saturated heterocycles. The molecule has 0 aromatic carbocycles. The number of carbonyl (C=O) groups is 1. The van der Waals surface area contributed by atoms with Crippen molar-refractivity contribution in [3.63, 3.8) is 0 Å². The normalized spacial score (nSPS) is 10.3. The molecule has 1 heterocycles. The van der Waals surface area contributed by atoms with Crippen molar-refractivity contribution in [1.82, 2.24) is 9.88 Å². The van der Waals surface area contributed by atoms with E-state index in [0.29, 0.717) is 11.4 Å². The SMILES string of the molecule is CC(C)N(C)C(=O)c1ccnc(N)c1. The zero-order valence-electron chi connectivity index (χ0n) is 8.69. The van der Waals surface area contributed by atoms with Gasteiger partial charge in [0.05, 0.1) is 0 Å². The van der Waals surface area contributed by atoms with Crippen LogP contribution in [0.15, 0.2) is 18.3 Å². The van der Waals surface area contributed by atoms with E-state index >= 15 is 0 Å². The standard InChI is InChI=1S/C10H15N3O/c1-7(2)13(3)10(14)8-4-5-12-9(11)6-8/h4-7H,1-3H3,(H2,11,12). The Morgan fingerprint density at radius 1 is 1.57 bits per heavy atom. The summed E-state index contributed by atoms with van der Waals surface area (Å²) in [5.74, 6) is 0.335. The van der Waals surface area contributed by atoms with Gasteiger partial charge in [-0.05, 0) is 26.0 Å². The zero-order chi connectivity index (χ0) is 10.7. The predicted molar refractivity (Wildman–Crippen MR) is 55.9 cm³/mol. The van der Waals surface area contributed by atoms with Crippen molar-refractivity contribution in [2.24, 2.45) is 0 Å². The van der Waals surface area contributed by atoms with Gasteiger partial charge in [-0.3, -0.25) is 4.79 Å². The molecular formula is C10H15N3O. The number of carbonyl (C=O) groups excluding carboxylic acids is 1. The van der Waals surface area contributed by atoms with Crippen LogP contribution in [0.25, 0.3) is 0 Å². The van der Waals surface area contributed by atoms with Crippen molar-refractivity contribution < 1.29 is 4.79 Å². The Kier molecular flexibility index (Phi) is 3.06. The molecule has 0 aliphatic carbocycles. The zero-order valence-corrected chi connectivity index (χ0v) is 8.69. The average Bonchev–Trinajstić information content (AvgIpc) is 2.15. The highest BCUT2D eigenvalue weighted by Crippen LogP contribution is 2.07. The molecule has 1 amide bonds. The van der Waals surface area contributed by atoms with Crippen molar-refractivity contribution in [3.8, 4) is 0 Å². The summed E-state index contributed by atoms with van der Waals surface area (Å²) in [7, 11) is 1.77. The van der Waals surface area contributed by atoms with Crippen LogP contribution in [-0.4, -0.2) is 28.9 Å². The van der Waals surface area contributed by atoms with Gasteiger partial charge in [0.25, 0.3) is 5.91 Å². The van der Waals surface area contributed by atoms with Crippen molar-refractivity contribution in [1.29, 1.82) is 0 Å². The summed E-state index contributed by atoms with van der Waals surface area (Å²) in [5.41, 5.74) is 6.07. The van der Waals surface area contributed by atoms with Gasteiger partial charge >= 0.3 is 0 Å². The minimum atomic E-state index is -0.0332. The highest BCUT2D eigenvalue weighted by atomic mass is 16.2. The first-order valence-electron chi connectivity index (χ1n) is 4.51. The van der Waals surface area contributed by atoms with Gasteiger partial charge in [0, 0.05) is 24.8 Å². The Morgan fingerprint density at radius 2 is 2.21 bits per heavy atom. The second-order valence-corrected chi connectivity index (χ2v) is 3.48. The molecule has 2 N–H and O–H groups in total. The lowest BCUT2D eigenvalue weighted by molar-refractivity contribution is 0.0755. The van der Waals surface area contributed by atoms with Crippen LogP contribution in [0, 0.1) is 0 Å². The summed E-state index contributed by atoms with van der Waals surface area (Å²) in [4.78, 5) is 17.3. The quantitative estimate of drug-likeness (QED) is 0.766. The Hall–Kier alpha value is -1.58. The Labute approximate surface area is 83.7 Å². The molecule has 0 aliphatic rings. The van der Waals surface area contributed by atoms with E-state index in [1.807, 2.05) is 13.8 Å². The number of nitrogens with zero attached hydrogens (tertiary/aromatic N) is 2. The molecule has 1 aromatic heterocycles. The lowest BCUT2D eigenvalue weighted by Gasteiger charge is -2.21. The number of hydrogen-bond donors (Lipinski definition) is 1. The fourth-order valence-corrected chi connectivity index (χ4v) is 1.02. The molecule has 76 valence electrons. The third-order valence-electron chi connectivity index (χ3n) is 2.12. The van der Waals surface area contributed by atoms with Crippen LogP contribution in [0.3, 0.4) is 0 Å². The molecule has 0 radical (unpaired) electrons. The molecule has 0 atom stereocenters. The second-order valence-electron chi connectivity index (χ2n) is 3.48. The van der Waals surface area contributed by atoms with Crippen molar-refractivity contribution in [2.75, 3.05) is 12.8 Å². The highest BCUT2D eigenvalue weighted by molar-refractivity contribution is 5.94. The monoisotopic (exact) mass is 193 g/mol. The molecule has 0 fully saturated rings. The summed E-state index contributed by atoms with van der Waals surface area (Å²) in [6.45, 7) is 3.92. The third-order valence-corrected chi connectivity index (χ3v) is 2.12. The first-order chi connectivity index (χ1) is 6.52. The minimum absolute atomic E-state index is 0.0332. The number of amides is 1. The van der Waals surface area contributed by atoms with E-state index in [9.17, 15) is 4.79 Å². The van der Waals surface area contributed by atoms with Crippen molar-refractivity contribution >= 4 is 11.7 Å². The van der Waals surface area contributed by atoms with Gasteiger partial charge in [0.15, 0.2) is 0 Å². The van der Waals surface area contributed by atoms with E-state index in [2.05, 4.69) is 4.98 Å². The number of aromatic nitrogens is 1. The third kappa shape index (κ3) is 2.22. The van der Waals surface area contributed by atoms with Crippen LogP contribution in [0.5, 0.6) is 0 Å². The van der Waals surface area contributed by atoms with Gasteiger partial charge in [0.2, 0.25) is 0 Å². The van der Waals surface area contributed by atoms with Gasteiger partial charge in [-0.1, -0.05) is 0 Å². The summed E-state index contributed by atoms with van der Waals surface area (Å²) in [6.07, 6.45) is 1.54. The molecule has 1 rings (SSSR count). The molecule has 0 bridgehead atoms. The smallest absolute Gasteiger partial charge is 0.254 e. The van der Waals surface area contributed by atoms with Gasteiger partial charge in [-0.25, -0.2) is 4.98 Å². The second kappa shape index (κ2) is 4.09. The molecule has 0 spiro atoms. The molecule has 0 saturated carbocycles. The largest absolute Gasteiger partial charge is 0.384 e. The van der Waals surface area contributed by atoms with Crippen molar-refractivity contribution in [2.45, 2.75) is 19.9 Å². The Bertz CT molecular complexity index is 336. The van der Waals surface area contributed by atoms with Crippen LogP contribution in [-0.2, 0) is 0 Å². The van der Waals surface area contributed by atoms with Crippen LogP contribution in [0.4, 0.5) is 5.82 Å². The number of nitrogens with two attached hydrogens (primary N) is 1. The van der Waals surface area contributed by atoms with E-state index in [0.717, 1.165) is 0 Å². The first kappa shape index (κ1) is 10.5. The molecular weight excluding hydrogens is 178 g/mol. The van der Waals surface area contributed by atoms with Gasteiger partial charge in [-0.2, -0.15) is 0 Å². The van der Waals surface area contributed by atoms with Crippen LogP contribution < -0.4 is 5.73 Å². The Morgan fingerprint density at radius 3 is 2.71 bits per heavy atom. The minimum Gasteiger partial charge on any atom is -0.384 e. The fraction of sp³-hybridized carbons (Fsp3) is 0.400. The summed E-state index contributed by atoms with van der Waals surface area (Å²) in [6, 6.07) is 3.43. The number of nitrogen functional groups attached to an aromatic ring is 1. The van der Waals surface area contributed by atoms with E-state index in [1.165, 1.54) is 6.20 Å². The maximum absolute atomic E-state index is 11.8. The first-order valence-corrected chi connectivity index (χ1v) is 4.51. The summed E-state index contributed by atoms with van der Waals surface area (Å²) < 4.78 is 0. The number of pyridine rings is 1. The number of hydrogen-bond acceptors (Lipinski definition) is 3. The van der Waals surface area contributed by atoms with E-state index in [-0.39, 0.29) is 11.9 Å². The molecule has 4 nitrogen and oxygen atoms in total. The van der Waals surface area contributed by atoms with E-state index in [1.54, 1.807) is 24.1 Å². The van der Waals surface area contributed by atoms with Gasteiger partial charge < -0.3 is 10.6 Å². The highest BCUT2D eigenvalue weighted by Gasteiger charge is 2.14. The fourth-order valence-electron chi connectivity index (χ4n) is 1.02. The maximum atomic E-state index is 11.8. The average molecular weight is 193 g/mol. The predicted octanol–water partition coefficient (Wildman–Crippen LogP) is 1.14. The van der Waals surface area contributed by atoms with E-state index < -0.39 is 0 Å². The molecule has 4 heteroatoms. The number of anilines is 1. The lowest BCUT2D eigenvalue weighted by atomic mass is 10.2. The summed E-state index contributed by atoms with van der Waals surface area (Å²) >= 11 is 0. The lowest BCUT2D eigenvalue weighted by Crippen LogP contribution is -2.33. The van der Waals surface area contributed by atoms with E-state index in [4.69, 9.17) is 5.73 Å². The van der Waals surface area contributed by atoms with Crippen LogP contribution in [0.2, 0.25) is 0 Å². The molecule has 0 unspecified atom stereocenters. The van der Waals surface area contributed by atoms with Crippen LogP contribution >= 0.6 is 0 Å². The Balaban J connectivity index is 2.89.